The summed E-state index contributed by atoms with van der Waals surface area (Å²) in [7, 11) is 3.08. The molecule has 0 aliphatic carbocycles. The fourth-order valence-corrected chi connectivity index (χ4v) is 2.61. The molecule has 0 heterocycles. The third-order valence-corrected chi connectivity index (χ3v) is 4.04. The van der Waals surface area contributed by atoms with E-state index in [0.717, 1.165) is 5.56 Å². The highest BCUT2D eigenvalue weighted by Crippen LogP contribution is 2.29. The molecule has 0 saturated carbocycles. The molecule has 0 aliphatic heterocycles. The maximum absolute atomic E-state index is 12.9. The lowest BCUT2D eigenvalue weighted by atomic mass is 10.2. The van der Waals surface area contributed by atoms with Crippen LogP contribution in [0.4, 0.5) is 10.5 Å². The zero-order valence-electron chi connectivity index (χ0n) is 16.4. The normalized spacial score (nSPS) is 10.1. The largest absolute Gasteiger partial charge is 0.497 e. The number of carbonyl (C=O) groups is 2. The van der Waals surface area contributed by atoms with E-state index in [2.05, 4.69) is 5.32 Å². The van der Waals surface area contributed by atoms with Crippen LogP contribution in [0.3, 0.4) is 0 Å². The number of anilines is 1. The minimum Gasteiger partial charge on any atom is -0.497 e. The lowest BCUT2D eigenvalue weighted by molar-refractivity contribution is -0.143. The summed E-state index contributed by atoms with van der Waals surface area (Å²) < 4.78 is 15.5. The summed E-state index contributed by atoms with van der Waals surface area (Å²) in [5, 5.41) is 2.84. The molecule has 7 nitrogen and oxygen atoms in total. The smallest absolute Gasteiger partial charge is 0.322 e. The molecule has 2 amide bonds. The maximum atomic E-state index is 12.9. The van der Waals surface area contributed by atoms with E-state index in [1.807, 2.05) is 30.3 Å². The Morgan fingerprint density at radius 1 is 1.04 bits per heavy atom. The van der Waals surface area contributed by atoms with Gasteiger partial charge < -0.3 is 24.4 Å². The van der Waals surface area contributed by atoms with Gasteiger partial charge in [0.2, 0.25) is 0 Å². The van der Waals surface area contributed by atoms with Crippen LogP contribution < -0.4 is 14.8 Å². The average molecular weight is 386 g/mol. The highest BCUT2D eigenvalue weighted by atomic mass is 16.5. The van der Waals surface area contributed by atoms with E-state index in [-0.39, 0.29) is 25.0 Å². The fraction of sp³-hybridized carbons (Fsp3) is 0.333. The van der Waals surface area contributed by atoms with Crippen molar-refractivity contribution in [3.8, 4) is 11.5 Å². The van der Waals surface area contributed by atoms with Crippen LogP contribution in [0.15, 0.2) is 48.5 Å². The van der Waals surface area contributed by atoms with Crippen LogP contribution in [-0.2, 0) is 16.1 Å². The van der Waals surface area contributed by atoms with E-state index >= 15 is 0 Å². The average Bonchev–Trinajstić information content (AvgIpc) is 2.72. The molecule has 0 unspecified atom stereocenters. The lowest BCUT2D eigenvalue weighted by Gasteiger charge is -2.23. The highest BCUT2D eigenvalue weighted by molar-refractivity contribution is 5.91. The fourth-order valence-electron chi connectivity index (χ4n) is 2.61. The van der Waals surface area contributed by atoms with Gasteiger partial charge in [-0.15, -0.1) is 0 Å². The monoisotopic (exact) mass is 386 g/mol. The molecule has 2 aromatic carbocycles. The Hall–Kier alpha value is -3.22. The topological polar surface area (TPSA) is 77.1 Å². The van der Waals surface area contributed by atoms with Crippen molar-refractivity contribution in [1.29, 1.82) is 0 Å². The predicted molar refractivity (Wildman–Crippen MR) is 107 cm³/mol. The summed E-state index contributed by atoms with van der Waals surface area (Å²) >= 11 is 0. The van der Waals surface area contributed by atoms with E-state index < -0.39 is 0 Å². The Balaban J connectivity index is 2.14. The van der Waals surface area contributed by atoms with E-state index in [1.54, 1.807) is 37.1 Å². The Bertz CT molecular complexity index is 780. The van der Waals surface area contributed by atoms with Crippen LogP contribution in [0.1, 0.15) is 18.9 Å². The SMILES string of the molecule is CCOC(=O)CCN(Cc1ccccc1)C(=O)Nc1ccc(OC)cc1OC. The summed E-state index contributed by atoms with van der Waals surface area (Å²) in [4.78, 5) is 26.2. The van der Waals surface area contributed by atoms with Gasteiger partial charge in [0.1, 0.15) is 11.5 Å². The molecule has 0 atom stereocenters. The van der Waals surface area contributed by atoms with Gasteiger partial charge in [0, 0.05) is 19.2 Å². The molecule has 0 aromatic heterocycles. The standard InChI is InChI=1S/C21H26N2O5/c1-4-28-20(24)12-13-23(15-16-8-6-5-7-9-16)21(25)22-18-11-10-17(26-2)14-19(18)27-3/h5-11,14H,4,12-13,15H2,1-3H3,(H,22,25). The van der Waals surface area contributed by atoms with Crippen molar-refractivity contribution in [3.63, 3.8) is 0 Å². The third kappa shape index (κ3) is 6.19. The molecule has 0 aliphatic rings. The second kappa shape index (κ2) is 10.8. The quantitative estimate of drug-likeness (QED) is 0.665. The zero-order valence-corrected chi connectivity index (χ0v) is 16.4. The van der Waals surface area contributed by atoms with Crippen molar-refractivity contribution < 1.29 is 23.8 Å². The molecule has 28 heavy (non-hydrogen) atoms. The number of ether oxygens (including phenoxy) is 3. The minimum absolute atomic E-state index is 0.119. The number of hydrogen-bond acceptors (Lipinski definition) is 5. The Kier molecular flexibility index (Phi) is 8.14. The summed E-state index contributed by atoms with van der Waals surface area (Å²) in [6, 6.07) is 14.4. The molecular weight excluding hydrogens is 360 g/mol. The van der Waals surface area contributed by atoms with Crippen LogP contribution in [-0.4, -0.2) is 44.3 Å². The lowest BCUT2D eigenvalue weighted by Crippen LogP contribution is -2.36. The van der Waals surface area contributed by atoms with Crippen molar-refractivity contribution in [2.75, 3.05) is 32.7 Å². The molecule has 1 N–H and O–H groups in total. The van der Waals surface area contributed by atoms with Crippen LogP contribution >= 0.6 is 0 Å². The minimum atomic E-state index is -0.338. The molecular formula is C21H26N2O5. The highest BCUT2D eigenvalue weighted by Gasteiger charge is 2.18. The first-order chi connectivity index (χ1) is 13.6. The zero-order chi connectivity index (χ0) is 20.4. The Morgan fingerprint density at radius 2 is 1.79 bits per heavy atom. The first-order valence-electron chi connectivity index (χ1n) is 9.04. The number of benzene rings is 2. The van der Waals surface area contributed by atoms with Crippen LogP contribution in [0, 0.1) is 0 Å². The number of carbonyl (C=O) groups excluding carboxylic acids is 2. The van der Waals surface area contributed by atoms with Gasteiger partial charge in [-0.3, -0.25) is 4.79 Å². The molecule has 150 valence electrons. The van der Waals surface area contributed by atoms with Gasteiger partial charge in [-0.05, 0) is 24.6 Å². The van der Waals surface area contributed by atoms with E-state index in [4.69, 9.17) is 14.2 Å². The number of rotatable bonds is 9. The number of nitrogens with one attached hydrogen (secondary N) is 1. The summed E-state index contributed by atoms with van der Waals surface area (Å²) in [6.07, 6.45) is 0.119. The Labute approximate surface area is 165 Å². The number of nitrogens with zero attached hydrogens (tertiary/aromatic N) is 1. The molecule has 0 spiro atoms. The van der Waals surface area contributed by atoms with E-state index in [9.17, 15) is 9.59 Å². The molecule has 2 rings (SSSR count). The van der Waals surface area contributed by atoms with Crippen LogP contribution in [0.2, 0.25) is 0 Å². The second-order valence-electron chi connectivity index (χ2n) is 5.96. The van der Waals surface area contributed by atoms with Crippen molar-refractivity contribution in [1.82, 2.24) is 4.90 Å². The number of methoxy groups -OCH3 is 2. The molecule has 7 heteroatoms. The van der Waals surface area contributed by atoms with Crippen molar-refractivity contribution in [3.05, 3.63) is 54.1 Å². The summed E-state index contributed by atoms with van der Waals surface area (Å²) in [5.74, 6) is 0.770. The van der Waals surface area contributed by atoms with Gasteiger partial charge in [0.05, 0.1) is 32.9 Å². The molecule has 0 bridgehead atoms. The molecule has 0 radical (unpaired) electrons. The number of esters is 1. The number of hydrogen-bond donors (Lipinski definition) is 1. The summed E-state index contributed by atoms with van der Waals surface area (Å²) in [6.45, 7) is 2.66. The van der Waals surface area contributed by atoms with Gasteiger partial charge in [-0.2, -0.15) is 0 Å². The van der Waals surface area contributed by atoms with Gasteiger partial charge >= 0.3 is 12.0 Å². The van der Waals surface area contributed by atoms with Crippen LogP contribution in [0.5, 0.6) is 11.5 Å². The van der Waals surface area contributed by atoms with Gasteiger partial charge in [-0.1, -0.05) is 30.3 Å². The van der Waals surface area contributed by atoms with Gasteiger partial charge in [0.15, 0.2) is 0 Å². The molecule has 0 fully saturated rings. The van der Waals surface area contributed by atoms with Crippen LogP contribution in [0.25, 0.3) is 0 Å². The maximum Gasteiger partial charge on any atom is 0.322 e. The van der Waals surface area contributed by atoms with E-state index in [1.165, 1.54) is 7.11 Å². The predicted octanol–water partition coefficient (Wildman–Crippen LogP) is 3.69. The first-order valence-corrected chi connectivity index (χ1v) is 9.04. The first kappa shape index (κ1) is 21.1. The van der Waals surface area contributed by atoms with Crippen molar-refractivity contribution in [2.24, 2.45) is 0 Å². The molecule has 2 aromatic rings. The summed E-state index contributed by atoms with van der Waals surface area (Å²) in [5.41, 5.74) is 1.48. The Morgan fingerprint density at radius 3 is 2.43 bits per heavy atom. The number of amides is 2. The van der Waals surface area contributed by atoms with Crippen molar-refractivity contribution in [2.45, 2.75) is 19.9 Å². The second-order valence-corrected chi connectivity index (χ2v) is 5.96. The van der Waals surface area contributed by atoms with E-state index in [0.29, 0.717) is 30.3 Å². The van der Waals surface area contributed by atoms with Gasteiger partial charge in [0.25, 0.3) is 0 Å². The molecule has 0 saturated heterocycles. The van der Waals surface area contributed by atoms with Gasteiger partial charge in [-0.25, -0.2) is 4.79 Å². The third-order valence-electron chi connectivity index (χ3n) is 4.04. The number of urea groups is 1. The van der Waals surface area contributed by atoms with Crippen molar-refractivity contribution >= 4 is 17.7 Å².